The number of nitrogens with zero attached hydrogens (tertiary/aromatic N) is 1. The molecule has 156 valence electrons. The number of carbonyl (C=O) groups excluding carboxylic acids is 3. The Morgan fingerprint density at radius 3 is 2.20 bits per heavy atom. The van der Waals surface area contributed by atoms with Crippen LogP contribution in [0.5, 0.6) is 0 Å². The van der Waals surface area contributed by atoms with Gasteiger partial charge in [-0.15, -0.1) is 0 Å². The normalized spacial score (nSPS) is 17.7. The van der Waals surface area contributed by atoms with Gasteiger partial charge < -0.3 is 10.1 Å². The molecule has 0 aromatic heterocycles. The monoisotopic (exact) mass is 406 g/mol. The van der Waals surface area contributed by atoms with Crippen molar-refractivity contribution in [3.8, 4) is 0 Å². The lowest BCUT2D eigenvalue weighted by Gasteiger charge is -2.26. The highest BCUT2D eigenvalue weighted by Crippen LogP contribution is 2.26. The van der Waals surface area contributed by atoms with Crippen molar-refractivity contribution in [2.24, 2.45) is 5.92 Å². The maximum absolute atomic E-state index is 13.1. The summed E-state index contributed by atoms with van der Waals surface area (Å²) >= 11 is 0. The van der Waals surface area contributed by atoms with Crippen LogP contribution < -0.4 is 5.32 Å². The lowest BCUT2D eigenvalue weighted by atomic mass is 9.96. The molecule has 1 saturated heterocycles. The van der Waals surface area contributed by atoms with E-state index in [2.05, 4.69) is 5.32 Å². The van der Waals surface area contributed by atoms with Gasteiger partial charge in [-0.2, -0.15) is 0 Å². The van der Waals surface area contributed by atoms with Crippen molar-refractivity contribution in [1.82, 2.24) is 10.2 Å². The fourth-order valence-corrected chi connectivity index (χ4v) is 4.18. The zero-order chi connectivity index (χ0) is 20.9. The van der Waals surface area contributed by atoms with Gasteiger partial charge in [0, 0.05) is 26.2 Å². The average Bonchev–Trinajstić information content (AvgIpc) is 3.04. The molecule has 4 rings (SSSR count). The molecule has 1 atom stereocenters. The fraction of sp³-hybridized carbons (Fsp3) is 0.375. The molecule has 30 heavy (non-hydrogen) atoms. The number of hydrogen-bond donors (Lipinski definition) is 1. The van der Waals surface area contributed by atoms with E-state index in [-0.39, 0.29) is 12.3 Å². The van der Waals surface area contributed by atoms with Crippen molar-refractivity contribution >= 4 is 17.7 Å². The molecule has 2 aliphatic heterocycles. The van der Waals surface area contributed by atoms with Crippen LogP contribution in [-0.2, 0) is 16.0 Å². The number of ether oxygens (including phenoxy) is 1. The summed E-state index contributed by atoms with van der Waals surface area (Å²) in [6.07, 6.45) is 3.16. The molecule has 1 fully saturated rings. The van der Waals surface area contributed by atoms with Crippen LogP contribution in [0.15, 0.2) is 54.6 Å². The van der Waals surface area contributed by atoms with Crippen LogP contribution in [-0.4, -0.2) is 48.4 Å². The highest BCUT2D eigenvalue weighted by molar-refractivity contribution is 6.22. The van der Waals surface area contributed by atoms with Crippen molar-refractivity contribution in [3.63, 3.8) is 0 Å². The predicted molar refractivity (Wildman–Crippen MR) is 112 cm³/mol. The summed E-state index contributed by atoms with van der Waals surface area (Å²) in [5.74, 6) is -0.571. The molecule has 0 aliphatic carbocycles. The van der Waals surface area contributed by atoms with Crippen LogP contribution >= 0.6 is 0 Å². The Morgan fingerprint density at radius 1 is 0.967 bits per heavy atom. The van der Waals surface area contributed by atoms with E-state index in [0.717, 1.165) is 42.9 Å². The summed E-state index contributed by atoms with van der Waals surface area (Å²) in [7, 11) is 0. The van der Waals surface area contributed by atoms with Crippen LogP contribution in [0.3, 0.4) is 0 Å². The standard InChI is InChI=1S/C24H26N2O4/c27-22(25-13-10-17-11-14-30-15-12-17)21(16-18-6-2-1-3-7-18)26-23(28)19-8-4-5-9-20(19)24(26)29/h1-9,17,21H,10-16H2,(H,25,27). The SMILES string of the molecule is O=C(NCCC1CCOCC1)C(Cc1ccccc1)N1C(=O)c2ccccc2C1=O. The molecule has 2 aliphatic rings. The van der Waals surface area contributed by atoms with Crippen molar-refractivity contribution < 1.29 is 19.1 Å². The zero-order valence-corrected chi connectivity index (χ0v) is 16.9. The Balaban J connectivity index is 1.50. The van der Waals surface area contributed by atoms with Gasteiger partial charge in [-0.25, -0.2) is 0 Å². The molecule has 3 amide bonds. The molecular weight excluding hydrogens is 380 g/mol. The predicted octanol–water partition coefficient (Wildman–Crippen LogP) is 2.83. The van der Waals surface area contributed by atoms with E-state index in [1.54, 1.807) is 24.3 Å². The average molecular weight is 406 g/mol. The number of amides is 3. The number of carbonyl (C=O) groups is 3. The first-order valence-corrected chi connectivity index (χ1v) is 10.5. The Labute approximate surface area is 176 Å². The summed E-state index contributed by atoms with van der Waals surface area (Å²) < 4.78 is 5.38. The summed E-state index contributed by atoms with van der Waals surface area (Å²) in [5.41, 5.74) is 1.62. The number of imide groups is 1. The molecule has 6 heteroatoms. The van der Waals surface area contributed by atoms with Crippen LogP contribution in [0.2, 0.25) is 0 Å². The third-order valence-corrected chi connectivity index (χ3v) is 5.90. The van der Waals surface area contributed by atoms with Crippen molar-refractivity contribution in [1.29, 1.82) is 0 Å². The largest absolute Gasteiger partial charge is 0.381 e. The summed E-state index contributed by atoms with van der Waals surface area (Å²) in [4.78, 5) is 40.2. The molecule has 0 spiro atoms. The van der Waals surface area contributed by atoms with E-state index in [4.69, 9.17) is 4.74 Å². The maximum Gasteiger partial charge on any atom is 0.262 e. The minimum absolute atomic E-state index is 0.287. The molecule has 2 aromatic rings. The van der Waals surface area contributed by atoms with Crippen LogP contribution in [0, 0.1) is 5.92 Å². The topological polar surface area (TPSA) is 75.7 Å². The molecule has 1 N–H and O–H groups in total. The van der Waals surface area contributed by atoms with Gasteiger partial charge in [0.1, 0.15) is 6.04 Å². The lowest BCUT2D eigenvalue weighted by Crippen LogP contribution is -2.51. The summed E-state index contributed by atoms with van der Waals surface area (Å²) in [5, 5.41) is 2.97. The second kappa shape index (κ2) is 9.22. The van der Waals surface area contributed by atoms with Crippen LogP contribution in [0.1, 0.15) is 45.5 Å². The van der Waals surface area contributed by atoms with Gasteiger partial charge in [-0.05, 0) is 42.9 Å². The second-order valence-electron chi connectivity index (χ2n) is 7.87. The van der Waals surface area contributed by atoms with Gasteiger partial charge >= 0.3 is 0 Å². The Kier molecular flexibility index (Phi) is 6.23. The van der Waals surface area contributed by atoms with E-state index < -0.39 is 17.9 Å². The lowest BCUT2D eigenvalue weighted by molar-refractivity contribution is -0.125. The Bertz CT molecular complexity index is 887. The number of nitrogens with one attached hydrogen (secondary N) is 1. The van der Waals surface area contributed by atoms with Gasteiger partial charge in [-0.3, -0.25) is 19.3 Å². The first-order valence-electron chi connectivity index (χ1n) is 10.5. The third-order valence-electron chi connectivity index (χ3n) is 5.90. The van der Waals surface area contributed by atoms with Gasteiger partial charge in [0.15, 0.2) is 0 Å². The van der Waals surface area contributed by atoms with Crippen molar-refractivity contribution in [2.45, 2.75) is 31.7 Å². The van der Waals surface area contributed by atoms with E-state index in [1.807, 2.05) is 30.3 Å². The molecule has 2 aromatic carbocycles. The van der Waals surface area contributed by atoms with Gasteiger partial charge in [0.05, 0.1) is 11.1 Å². The molecule has 0 bridgehead atoms. The van der Waals surface area contributed by atoms with E-state index >= 15 is 0 Å². The fourth-order valence-electron chi connectivity index (χ4n) is 4.18. The first kappa shape index (κ1) is 20.3. The highest BCUT2D eigenvalue weighted by Gasteiger charge is 2.42. The smallest absolute Gasteiger partial charge is 0.262 e. The van der Waals surface area contributed by atoms with Crippen molar-refractivity contribution in [2.75, 3.05) is 19.8 Å². The maximum atomic E-state index is 13.1. The quantitative estimate of drug-likeness (QED) is 0.718. The minimum Gasteiger partial charge on any atom is -0.381 e. The highest BCUT2D eigenvalue weighted by atomic mass is 16.5. The second-order valence-corrected chi connectivity index (χ2v) is 7.87. The van der Waals surface area contributed by atoms with Gasteiger partial charge in [-0.1, -0.05) is 42.5 Å². The first-order chi connectivity index (χ1) is 14.6. The third kappa shape index (κ3) is 4.28. The van der Waals surface area contributed by atoms with Crippen molar-refractivity contribution in [3.05, 3.63) is 71.3 Å². The molecule has 0 radical (unpaired) electrons. The van der Waals surface area contributed by atoms with E-state index in [1.165, 1.54) is 0 Å². The zero-order valence-electron chi connectivity index (χ0n) is 16.9. The summed E-state index contributed by atoms with van der Waals surface area (Å²) in [6.45, 7) is 2.06. The van der Waals surface area contributed by atoms with Gasteiger partial charge in [0.2, 0.25) is 5.91 Å². The van der Waals surface area contributed by atoms with E-state index in [9.17, 15) is 14.4 Å². The number of hydrogen-bond acceptors (Lipinski definition) is 4. The molecular formula is C24H26N2O4. The number of fused-ring (bicyclic) bond motifs is 1. The molecule has 0 saturated carbocycles. The van der Waals surface area contributed by atoms with Crippen LogP contribution in [0.25, 0.3) is 0 Å². The molecule has 6 nitrogen and oxygen atoms in total. The number of benzene rings is 2. The van der Waals surface area contributed by atoms with E-state index in [0.29, 0.717) is 23.6 Å². The molecule has 1 unspecified atom stereocenters. The minimum atomic E-state index is -0.880. The van der Waals surface area contributed by atoms with Crippen LogP contribution in [0.4, 0.5) is 0 Å². The Hall–Kier alpha value is -2.99. The van der Waals surface area contributed by atoms with Gasteiger partial charge in [0.25, 0.3) is 11.8 Å². The number of rotatable bonds is 7. The molecule has 2 heterocycles. The Morgan fingerprint density at radius 2 is 1.57 bits per heavy atom. The summed E-state index contributed by atoms with van der Waals surface area (Å²) in [6, 6.07) is 15.3.